The van der Waals surface area contributed by atoms with Crippen LogP contribution in [0.1, 0.15) is 36.2 Å². The number of sulfonamides is 1. The van der Waals surface area contributed by atoms with Gasteiger partial charge in [0.25, 0.3) is 0 Å². The predicted molar refractivity (Wildman–Crippen MR) is 83.7 cm³/mol. The highest BCUT2D eigenvalue weighted by Gasteiger charge is 2.26. The SMILES string of the molecule is COC(=O)c1ccc(S(=O)(=O)N[C@H](CC(C)C)C(=O)O)cc1C. The number of carbonyl (C=O) groups excluding carboxylic acids is 1. The molecule has 128 valence electrons. The van der Waals surface area contributed by atoms with Crippen molar-refractivity contribution in [3.05, 3.63) is 29.3 Å². The summed E-state index contributed by atoms with van der Waals surface area (Å²) in [6.07, 6.45) is 0.174. The van der Waals surface area contributed by atoms with Gasteiger partial charge >= 0.3 is 11.9 Å². The lowest BCUT2D eigenvalue weighted by molar-refractivity contribution is -0.139. The first-order valence-electron chi connectivity index (χ1n) is 7.02. The highest BCUT2D eigenvalue weighted by atomic mass is 32.2. The molecule has 1 aromatic rings. The van der Waals surface area contributed by atoms with Crippen LogP contribution >= 0.6 is 0 Å². The number of esters is 1. The molecule has 1 aromatic carbocycles. The Kier molecular flexibility index (Phi) is 6.28. The number of ether oxygens (including phenoxy) is 1. The van der Waals surface area contributed by atoms with E-state index in [4.69, 9.17) is 5.11 Å². The fraction of sp³-hybridized carbons (Fsp3) is 0.467. The first-order valence-corrected chi connectivity index (χ1v) is 8.51. The van der Waals surface area contributed by atoms with Gasteiger partial charge in [0.15, 0.2) is 0 Å². The fourth-order valence-electron chi connectivity index (χ4n) is 2.07. The molecular weight excluding hydrogens is 322 g/mol. The number of hydrogen-bond acceptors (Lipinski definition) is 5. The number of benzene rings is 1. The van der Waals surface area contributed by atoms with Crippen LogP contribution in [-0.2, 0) is 19.6 Å². The van der Waals surface area contributed by atoms with Crippen molar-refractivity contribution in [2.45, 2.75) is 38.1 Å². The van der Waals surface area contributed by atoms with E-state index < -0.39 is 28.0 Å². The standard InChI is InChI=1S/C15H21NO6S/c1-9(2)7-13(14(17)18)16-23(20,21)11-5-6-12(10(3)8-11)15(19)22-4/h5-6,8-9,13,16H,7H2,1-4H3,(H,17,18)/t13-/m1/s1. The van der Waals surface area contributed by atoms with Crippen LogP contribution in [0.3, 0.4) is 0 Å². The van der Waals surface area contributed by atoms with E-state index in [1.165, 1.54) is 25.3 Å². The van der Waals surface area contributed by atoms with Crippen LogP contribution in [0.5, 0.6) is 0 Å². The van der Waals surface area contributed by atoms with Gasteiger partial charge in [-0.25, -0.2) is 13.2 Å². The van der Waals surface area contributed by atoms with Crippen LogP contribution < -0.4 is 4.72 Å². The second kappa shape index (κ2) is 7.56. The van der Waals surface area contributed by atoms with Gasteiger partial charge in [-0.3, -0.25) is 4.79 Å². The summed E-state index contributed by atoms with van der Waals surface area (Å²) in [5.41, 5.74) is 0.680. The molecule has 0 aliphatic carbocycles. The Morgan fingerprint density at radius 2 is 1.91 bits per heavy atom. The summed E-state index contributed by atoms with van der Waals surface area (Å²) in [6, 6.07) is 2.69. The zero-order valence-electron chi connectivity index (χ0n) is 13.5. The van der Waals surface area contributed by atoms with Crippen LogP contribution in [0.2, 0.25) is 0 Å². The molecule has 1 atom stereocenters. The average molecular weight is 343 g/mol. The Labute approximate surface area is 135 Å². The van der Waals surface area contributed by atoms with Gasteiger partial charge in [0.05, 0.1) is 17.6 Å². The van der Waals surface area contributed by atoms with Crippen molar-refractivity contribution < 1.29 is 27.9 Å². The lowest BCUT2D eigenvalue weighted by Crippen LogP contribution is -2.41. The monoisotopic (exact) mass is 343 g/mol. The van der Waals surface area contributed by atoms with E-state index in [2.05, 4.69) is 9.46 Å². The van der Waals surface area contributed by atoms with Gasteiger partial charge in [-0.15, -0.1) is 0 Å². The molecule has 0 aliphatic rings. The minimum atomic E-state index is -4.00. The van der Waals surface area contributed by atoms with E-state index in [1.54, 1.807) is 20.8 Å². The molecule has 0 spiro atoms. The van der Waals surface area contributed by atoms with Gasteiger partial charge < -0.3 is 9.84 Å². The van der Waals surface area contributed by atoms with E-state index in [0.717, 1.165) is 0 Å². The minimum Gasteiger partial charge on any atom is -0.480 e. The van der Waals surface area contributed by atoms with Gasteiger partial charge in [-0.2, -0.15) is 4.72 Å². The first kappa shape index (κ1) is 19.1. The maximum absolute atomic E-state index is 12.3. The molecule has 0 aliphatic heterocycles. The first-order chi connectivity index (χ1) is 10.6. The number of methoxy groups -OCH3 is 1. The molecule has 0 saturated carbocycles. The Balaban J connectivity index is 3.11. The third kappa shape index (κ3) is 5.04. The van der Waals surface area contributed by atoms with Gasteiger partial charge in [0.2, 0.25) is 10.0 Å². The van der Waals surface area contributed by atoms with Crippen molar-refractivity contribution >= 4 is 22.0 Å². The molecule has 0 heterocycles. The second-order valence-electron chi connectivity index (χ2n) is 5.61. The van der Waals surface area contributed by atoms with Crippen LogP contribution in [0.15, 0.2) is 23.1 Å². The van der Waals surface area contributed by atoms with Gasteiger partial charge in [0, 0.05) is 0 Å². The maximum Gasteiger partial charge on any atom is 0.338 e. The number of hydrogen-bond donors (Lipinski definition) is 2. The lowest BCUT2D eigenvalue weighted by atomic mass is 10.1. The molecule has 0 unspecified atom stereocenters. The van der Waals surface area contributed by atoms with E-state index in [9.17, 15) is 18.0 Å². The molecule has 0 aromatic heterocycles. The quantitative estimate of drug-likeness (QED) is 0.727. The molecule has 0 saturated heterocycles. The highest BCUT2D eigenvalue weighted by Crippen LogP contribution is 2.17. The number of nitrogens with one attached hydrogen (secondary N) is 1. The Hall–Kier alpha value is -1.93. The third-order valence-corrected chi connectivity index (χ3v) is 4.69. The molecule has 0 amide bonds. The highest BCUT2D eigenvalue weighted by molar-refractivity contribution is 7.89. The average Bonchev–Trinajstić information content (AvgIpc) is 2.44. The number of rotatable bonds is 7. The maximum atomic E-state index is 12.3. The zero-order chi connectivity index (χ0) is 17.8. The molecule has 1 rings (SSSR count). The molecule has 8 heteroatoms. The molecule has 0 radical (unpaired) electrons. The van der Waals surface area contributed by atoms with E-state index in [0.29, 0.717) is 5.56 Å². The molecule has 7 nitrogen and oxygen atoms in total. The van der Waals surface area contributed by atoms with Crippen molar-refractivity contribution in [2.24, 2.45) is 5.92 Å². The Morgan fingerprint density at radius 1 is 1.30 bits per heavy atom. The van der Waals surface area contributed by atoms with Crippen LogP contribution in [0, 0.1) is 12.8 Å². The lowest BCUT2D eigenvalue weighted by Gasteiger charge is -2.17. The number of carboxylic acids is 1. The molecule has 0 bridgehead atoms. The summed E-state index contributed by atoms with van der Waals surface area (Å²) in [5, 5.41) is 9.15. The Morgan fingerprint density at radius 3 is 2.35 bits per heavy atom. The normalized spacial score (nSPS) is 12.9. The van der Waals surface area contributed by atoms with Crippen LogP contribution in [0.25, 0.3) is 0 Å². The molecule has 0 fully saturated rings. The summed E-state index contributed by atoms with van der Waals surface area (Å²) in [4.78, 5) is 22.6. The van der Waals surface area contributed by atoms with Gasteiger partial charge in [-0.05, 0) is 43.0 Å². The Bertz CT molecular complexity index is 696. The zero-order valence-corrected chi connectivity index (χ0v) is 14.3. The summed E-state index contributed by atoms with van der Waals surface area (Å²) in [6.45, 7) is 5.19. The van der Waals surface area contributed by atoms with E-state index in [-0.39, 0.29) is 22.8 Å². The van der Waals surface area contributed by atoms with Crippen LogP contribution in [-0.4, -0.2) is 38.6 Å². The topological polar surface area (TPSA) is 110 Å². The van der Waals surface area contributed by atoms with Crippen molar-refractivity contribution in [3.8, 4) is 0 Å². The number of carboxylic acid groups (broad SMARTS) is 1. The van der Waals surface area contributed by atoms with Crippen molar-refractivity contribution in [2.75, 3.05) is 7.11 Å². The molecule has 2 N–H and O–H groups in total. The van der Waals surface area contributed by atoms with E-state index >= 15 is 0 Å². The summed E-state index contributed by atoms with van der Waals surface area (Å²) in [7, 11) is -2.77. The number of aliphatic carboxylic acids is 1. The third-order valence-electron chi connectivity index (χ3n) is 3.22. The smallest absolute Gasteiger partial charge is 0.338 e. The summed E-state index contributed by atoms with van der Waals surface area (Å²) < 4.78 is 31.5. The van der Waals surface area contributed by atoms with Crippen molar-refractivity contribution in [1.82, 2.24) is 4.72 Å². The summed E-state index contributed by atoms with van der Waals surface area (Å²) >= 11 is 0. The van der Waals surface area contributed by atoms with E-state index in [1.807, 2.05) is 0 Å². The summed E-state index contributed by atoms with van der Waals surface area (Å²) in [5.74, 6) is -1.78. The fourth-order valence-corrected chi connectivity index (χ4v) is 3.36. The minimum absolute atomic E-state index is 0.0160. The van der Waals surface area contributed by atoms with Crippen LogP contribution in [0.4, 0.5) is 0 Å². The molecular formula is C15H21NO6S. The largest absolute Gasteiger partial charge is 0.480 e. The van der Waals surface area contributed by atoms with Crippen molar-refractivity contribution in [3.63, 3.8) is 0 Å². The van der Waals surface area contributed by atoms with Crippen molar-refractivity contribution in [1.29, 1.82) is 0 Å². The van der Waals surface area contributed by atoms with Gasteiger partial charge in [0.1, 0.15) is 6.04 Å². The number of aryl methyl sites for hydroxylation is 1. The molecule has 23 heavy (non-hydrogen) atoms. The van der Waals surface area contributed by atoms with Gasteiger partial charge in [-0.1, -0.05) is 13.8 Å². The second-order valence-corrected chi connectivity index (χ2v) is 7.32. The predicted octanol–water partition coefficient (Wildman–Crippen LogP) is 1.56. The number of carbonyl (C=O) groups is 2.